The largest absolute Gasteiger partial charge is 0.465 e. The molecule has 146 valence electrons. The number of thiazole rings is 1. The van der Waals surface area contributed by atoms with Gasteiger partial charge in [0, 0.05) is 16.1 Å². The zero-order valence-electron chi connectivity index (χ0n) is 16.2. The van der Waals surface area contributed by atoms with Crippen molar-refractivity contribution in [1.82, 2.24) is 4.98 Å². The number of anilines is 1. The van der Waals surface area contributed by atoms with E-state index in [1.165, 1.54) is 18.4 Å². The van der Waals surface area contributed by atoms with Crippen molar-refractivity contribution in [1.29, 1.82) is 0 Å². The number of aryl methyl sites for hydroxylation is 4. The summed E-state index contributed by atoms with van der Waals surface area (Å²) in [7, 11) is 1.31. The van der Waals surface area contributed by atoms with Crippen molar-refractivity contribution in [3.63, 3.8) is 0 Å². The van der Waals surface area contributed by atoms with Crippen LogP contribution >= 0.6 is 22.7 Å². The van der Waals surface area contributed by atoms with Gasteiger partial charge in [-0.05, 0) is 44.4 Å². The van der Waals surface area contributed by atoms with Crippen LogP contribution < -0.4 is 10.2 Å². The normalized spacial score (nSPS) is 10.8. The standard InChI is InChI=1S/C20H20N2O4S2/c1-9-6-7-13(8-10(9)2)14-12(4)27-18(15(14)19(24)26-5)22-17(23)16-11(3)21-20(25)28-16/h6-8H,1-5H3,(H,21,25)(H,22,23). The molecule has 0 bridgehead atoms. The van der Waals surface area contributed by atoms with Gasteiger partial charge in [0.05, 0.1) is 7.11 Å². The van der Waals surface area contributed by atoms with Gasteiger partial charge < -0.3 is 15.0 Å². The predicted molar refractivity (Wildman–Crippen MR) is 113 cm³/mol. The highest BCUT2D eigenvalue weighted by molar-refractivity contribution is 7.17. The van der Waals surface area contributed by atoms with Gasteiger partial charge in [0.1, 0.15) is 15.4 Å². The van der Waals surface area contributed by atoms with E-state index in [1.807, 2.05) is 39.0 Å². The predicted octanol–water partition coefficient (Wildman–Crippen LogP) is 4.44. The molecule has 0 fully saturated rings. The van der Waals surface area contributed by atoms with Gasteiger partial charge in [-0.2, -0.15) is 0 Å². The van der Waals surface area contributed by atoms with Crippen LogP contribution in [0, 0.1) is 27.7 Å². The molecule has 2 aromatic heterocycles. The number of methoxy groups -OCH3 is 1. The highest BCUT2D eigenvalue weighted by Gasteiger charge is 2.26. The maximum absolute atomic E-state index is 12.7. The Morgan fingerprint density at radius 2 is 1.79 bits per heavy atom. The molecule has 0 spiro atoms. The first kappa shape index (κ1) is 20.0. The summed E-state index contributed by atoms with van der Waals surface area (Å²) in [4.78, 5) is 40.2. The minimum atomic E-state index is -0.521. The topological polar surface area (TPSA) is 88.3 Å². The molecule has 0 aliphatic heterocycles. The number of benzene rings is 1. The first-order chi connectivity index (χ1) is 13.2. The van der Waals surface area contributed by atoms with Crippen molar-refractivity contribution >= 4 is 39.6 Å². The molecule has 0 aliphatic rings. The molecule has 6 nitrogen and oxygen atoms in total. The highest BCUT2D eigenvalue weighted by atomic mass is 32.1. The van der Waals surface area contributed by atoms with Crippen molar-refractivity contribution in [2.24, 2.45) is 0 Å². The third-order valence-corrected chi connectivity index (χ3v) is 6.53. The molecule has 3 aromatic rings. The Hall–Kier alpha value is -2.71. The van der Waals surface area contributed by atoms with Gasteiger partial charge in [-0.15, -0.1) is 11.3 Å². The molecule has 0 saturated carbocycles. The second kappa shape index (κ2) is 7.73. The number of H-pyrrole nitrogens is 1. The third kappa shape index (κ3) is 3.65. The Kier molecular flexibility index (Phi) is 5.53. The summed E-state index contributed by atoms with van der Waals surface area (Å²) in [6.07, 6.45) is 0. The number of amides is 1. The fraction of sp³-hybridized carbons (Fsp3) is 0.250. The molecule has 2 heterocycles. The fourth-order valence-electron chi connectivity index (χ4n) is 2.96. The monoisotopic (exact) mass is 416 g/mol. The Bertz CT molecular complexity index is 1140. The molecule has 8 heteroatoms. The molecule has 0 radical (unpaired) electrons. The molecule has 3 rings (SSSR count). The number of thiophene rings is 1. The Balaban J connectivity index is 2.10. The number of ether oxygens (including phenoxy) is 1. The van der Waals surface area contributed by atoms with Gasteiger partial charge in [-0.25, -0.2) is 4.79 Å². The van der Waals surface area contributed by atoms with Gasteiger partial charge >= 0.3 is 10.8 Å². The van der Waals surface area contributed by atoms with Crippen LogP contribution in [-0.4, -0.2) is 24.0 Å². The van der Waals surface area contributed by atoms with Crippen LogP contribution in [0.25, 0.3) is 11.1 Å². The van der Waals surface area contributed by atoms with Crippen LogP contribution in [0.3, 0.4) is 0 Å². The summed E-state index contributed by atoms with van der Waals surface area (Å²) in [5, 5.41) is 3.19. The number of hydrogen-bond donors (Lipinski definition) is 2. The number of rotatable bonds is 4. The van der Waals surface area contributed by atoms with Crippen LogP contribution in [0.5, 0.6) is 0 Å². The average molecular weight is 417 g/mol. The molecule has 28 heavy (non-hydrogen) atoms. The van der Waals surface area contributed by atoms with Crippen molar-refractivity contribution in [3.8, 4) is 11.1 Å². The number of aromatic nitrogens is 1. The van der Waals surface area contributed by atoms with E-state index in [0.717, 1.165) is 38.5 Å². The van der Waals surface area contributed by atoms with E-state index in [0.29, 0.717) is 21.1 Å². The highest BCUT2D eigenvalue weighted by Crippen LogP contribution is 2.41. The smallest absolute Gasteiger partial charge is 0.341 e. The SMILES string of the molecule is COC(=O)c1c(NC(=O)c2sc(=O)[nH]c2C)sc(C)c1-c1ccc(C)c(C)c1. The van der Waals surface area contributed by atoms with E-state index in [9.17, 15) is 14.4 Å². The molecule has 0 saturated heterocycles. The number of carbonyl (C=O) groups is 2. The second-order valence-corrected chi connectivity index (χ2v) is 8.66. The van der Waals surface area contributed by atoms with Crippen LogP contribution in [0.4, 0.5) is 5.00 Å². The summed E-state index contributed by atoms with van der Waals surface area (Å²) < 4.78 is 4.98. The lowest BCUT2D eigenvalue weighted by molar-refractivity contribution is 0.0603. The first-order valence-corrected chi connectivity index (χ1v) is 10.2. The quantitative estimate of drug-likeness (QED) is 0.616. The van der Waals surface area contributed by atoms with Gasteiger partial charge in [0.15, 0.2) is 0 Å². The van der Waals surface area contributed by atoms with Crippen LogP contribution in [0.2, 0.25) is 0 Å². The Morgan fingerprint density at radius 1 is 1.07 bits per heavy atom. The lowest BCUT2D eigenvalue weighted by Crippen LogP contribution is -2.14. The molecule has 1 amide bonds. The Labute approximate surface area is 170 Å². The molecule has 0 atom stereocenters. The van der Waals surface area contributed by atoms with Crippen LogP contribution in [-0.2, 0) is 4.74 Å². The second-order valence-electron chi connectivity index (χ2n) is 6.45. The van der Waals surface area contributed by atoms with E-state index in [1.54, 1.807) is 6.92 Å². The van der Waals surface area contributed by atoms with E-state index < -0.39 is 11.9 Å². The van der Waals surface area contributed by atoms with Crippen LogP contribution in [0.15, 0.2) is 23.0 Å². The number of nitrogens with one attached hydrogen (secondary N) is 2. The van der Waals surface area contributed by atoms with E-state index in [2.05, 4.69) is 10.3 Å². The number of esters is 1. The minimum absolute atomic E-state index is 0.291. The molecule has 0 aliphatic carbocycles. The summed E-state index contributed by atoms with van der Waals surface area (Å²) in [5.41, 5.74) is 4.71. The van der Waals surface area contributed by atoms with Gasteiger partial charge in [-0.3, -0.25) is 9.59 Å². The summed E-state index contributed by atoms with van der Waals surface area (Å²) in [6, 6.07) is 5.98. The Morgan fingerprint density at radius 3 is 2.36 bits per heavy atom. The van der Waals surface area contributed by atoms with Gasteiger partial charge in [0.2, 0.25) is 0 Å². The number of aromatic amines is 1. The zero-order chi connectivity index (χ0) is 20.6. The molecule has 0 unspecified atom stereocenters. The maximum Gasteiger partial charge on any atom is 0.341 e. The average Bonchev–Trinajstić information content (AvgIpc) is 3.15. The summed E-state index contributed by atoms with van der Waals surface area (Å²) in [6.45, 7) is 7.60. The molecule has 2 N–H and O–H groups in total. The lowest BCUT2D eigenvalue weighted by atomic mass is 9.97. The van der Waals surface area contributed by atoms with E-state index in [-0.39, 0.29) is 4.87 Å². The maximum atomic E-state index is 12.7. The van der Waals surface area contributed by atoms with Crippen LogP contribution in [0.1, 0.15) is 41.7 Å². The minimum Gasteiger partial charge on any atom is -0.465 e. The zero-order valence-corrected chi connectivity index (χ0v) is 17.8. The van der Waals surface area contributed by atoms with Crippen molar-refractivity contribution in [2.75, 3.05) is 12.4 Å². The summed E-state index contributed by atoms with van der Waals surface area (Å²) >= 11 is 2.15. The van der Waals surface area contributed by atoms with Gasteiger partial charge in [-0.1, -0.05) is 29.5 Å². The van der Waals surface area contributed by atoms with Gasteiger partial charge in [0.25, 0.3) is 5.91 Å². The van der Waals surface area contributed by atoms with Crippen molar-refractivity contribution in [3.05, 3.63) is 60.0 Å². The van der Waals surface area contributed by atoms with Crippen molar-refractivity contribution < 1.29 is 14.3 Å². The van der Waals surface area contributed by atoms with E-state index >= 15 is 0 Å². The first-order valence-electron chi connectivity index (χ1n) is 8.53. The molecular formula is C20H20N2O4S2. The fourth-order valence-corrected chi connectivity index (χ4v) is 4.75. The molecule has 1 aromatic carbocycles. The third-order valence-electron chi connectivity index (χ3n) is 4.53. The van der Waals surface area contributed by atoms with Crippen molar-refractivity contribution in [2.45, 2.75) is 27.7 Å². The van der Waals surface area contributed by atoms with E-state index in [4.69, 9.17) is 4.74 Å². The number of hydrogen-bond acceptors (Lipinski definition) is 6. The number of carbonyl (C=O) groups excluding carboxylic acids is 2. The summed E-state index contributed by atoms with van der Waals surface area (Å²) in [5.74, 6) is -0.953. The lowest BCUT2D eigenvalue weighted by Gasteiger charge is -2.09. The molecular weight excluding hydrogens is 396 g/mol.